The molecule has 0 radical (unpaired) electrons. The van der Waals surface area contributed by atoms with E-state index in [2.05, 4.69) is 55.6 Å². The van der Waals surface area contributed by atoms with Gasteiger partial charge in [0.15, 0.2) is 23.1 Å². The number of hydrogen-bond acceptors (Lipinski definition) is 17. The van der Waals surface area contributed by atoms with Crippen molar-refractivity contribution in [3.8, 4) is 11.5 Å². The van der Waals surface area contributed by atoms with Gasteiger partial charge < -0.3 is 55.2 Å². The Morgan fingerprint density at radius 2 is 1.00 bits per heavy atom. The van der Waals surface area contributed by atoms with Gasteiger partial charge >= 0.3 is 18.2 Å². The lowest BCUT2D eigenvalue weighted by molar-refractivity contribution is 0.00102. The van der Waals surface area contributed by atoms with Crippen molar-refractivity contribution in [1.29, 1.82) is 0 Å². The number of hydrogen-bond donors (Lipinski definition) is 7. The van der Waals surface area contributed by atoms with E-state index in [0.717, 1.165) is 55.0 Å². The SMILES string of the molecule is CC(C)(C)OC(=O)N1CCN([C@H]2Cc3c(Cl)cc(Cl)cc3[C@@H]2Oc2ccc(S(=O)(=O)N[C@@H]3CCN(CCOCCNC(=O)NCCCCNC(=O)NCCOCCN4CC[C@@H](NS(=O)(=O)c5ccc(O[C@H]6c7cc(Cl)cc(Cl)c7C[C@@H]6N6CCNCC6)c(F)c5)C4)C3)cc2F)CC1. The van der Waals surface area contributed by atoms with Crippen molar-refractivity contribution in [1.82, 2.24) is 60.5 Å². The first-order valence-electron chi connectivity index (χ1n) is 33.1. The molecule has 534 valence electrons. The maximum atomic E-state index is 16.0. The molecule has 4 fully saturated rings. The fourth-order valence-electron chi connectivity index (χ4n) is 13.2. The van der Waals surface area contributed by atoms with E-state index < -0.39 is 55.5 Å². The molecule has 5 amide bonds. The Balaban J connectivity index is 0.534. The van der Waals surface area contributed by atoms with E-state index in [0.29, 0.717) is 156 Å². The largest absolute Gasteiger partial charge is 0.481 e. The second kappa shape index (κ2) is 34.0. The molecule has 6 atom stereocenters. The average molecular weight is 1470 g/mol. The van der Waals surface area contributed by atoms with Crippen molar-refractivity contribution in [2.45, 2.75) is 111 Å². The lowest BCUT2D eigenvalue weighted by Gasteiger charge is -2.40. The van der Waals surface area contributed by atoms with Crippen LogP contribution in [0.25, 0.3) is 0 Å². The summed E-state index contributed by atoms with van der Waals surface area (Å²) < 4.78 is 121. The normalized spacial score (nSPS) is 21.9. The number of rotatable bonds is 29. The highest BCUT2D eigenvalue weighted by Crippen LogP contribution is 2.45. The zero-order chi connectivity index (χ0) is 69.0. The lowest BCUT2D eigenvalue weighted by Crippen LogP contribution is -2.54. The molecule has 24 nitrogen and oxygen atoms in total. The third-order valence-corrected chi connectivity index (χ3v) is 22.2. The van der Waals surface area contributed by atoms with Crippen LogP contribution in [0.4, 0.5) is 23.2 Å². The van der Waals surface area contributed by atoms with Crippen LogP contribution in [-0.2, 0) is 47.1 Å². The van der Waals surface area contributed by atoms with Crippen LogP contribution < -0.4 is 45.5 Å². The van der Waals surface area contributed by atoms with E-state index in [1.165, 1.54) is 24.3 Å². The Morgan fingerprint density at radius 1 is 0.567 bits per heavy atom. The molecular weight excluding hydrogens is 1380 g/mol. The summed E-state index contributed by atoms with van der Waals surface area (Å²) >= 11 is 26.1. The molecule has 0 aromatic heterocycles. The van der Waals surface area contributed by atoms with E-state index in [1.807, 2.05) is 20.8 Å². The molecule has 0 bridgehead atoms. The monoisotopic (exact) mass is 1470 g/mol. The Bertz CT molecular complexity index is 3630. The van der Waals surface area contributed by atoms with Gasteiger partial charge in [0.05, 0.1) is 48.3 Å². The molecule has 4 saturated heterocycles. The van der Waals surface area contributed by atoms with Crippen LogP contribution in [0, 0.1) is 11.6 Å². The predicted molar refractivity (Wildman–Crippen MR) is 365 cm³/mol. The summed E-state index contributed by atoms with van der Waals surface area (Å²) in [6, 6.07) is 12.4. The molecule has 2 aliphatic carbocycles. The molecule has 0 saturated carbocycles. The van der Waals surface area contributed by atoms with Crippen molar-refractivity contribution in [2.24, 2.45) is 0 Å². The maximum Gasteiger partial charge on any atom is 0.410 e. The number of ether oxygens (including phenoxy) is 5. The number of carbonyl (C=O) groups is 3. The third kappa shape index (κ3) is 20.5. The molecule has 6 aliphatic rings. The molecule has 4 aliphatic heterocycles. The number of benzene rings is 4. The minimum atomic E-state index is -4.11. The molecule has 0 unspecified atom stereocenters. The lowest BCUT2D eigenvalue weighted by atomic mass is 10.1. The molecule has 4 aromatic carbocycles. The van der Waals surface area contributed by atoms with Crippen LogP contribution in [0.15, 0.2) is 70.5 Å². The van der Waals surface area contributed by atoms with E-state index in [1.54, 1.807) is 29.2 Å². The fourth-order valence-corrected chi connectivity index (χ4v) is 16.9. The second-order valence-electron chi connectivity index (χ2n) is 26.1. The number of carbonyl (C=O) groups excluding carboxylic acids is 3. The minimum absolute atomic E-state index is 0.0636. The number of piperazine rings is 2. The number of unbranched alkanes of at least 4 members (excludes halogenated alkanes) is 1. The minimum Gasteiger partial charge on any atom is -0.481 e. The van der Waals surface area contributed by atoms with Crippen molar-refractivity contribution in [2.75, 3.05) is 144 Å². The zero-order valence-electron chi connectivity index (χ0n) is 54.8. The molecule has 10 rings (SSSR count). The fraction of sp³-hybridized carbons (Fsp3) is 0.585. The van der Waals surface area contributed by atoms with Gasteiger partial charge in [-0.3, -0.25) is 19.6 Å². The number of nitrogens with one attached hydrogen (secondary N) is 7. The van der Waals surface area contributed by atoms with Crippen molar-refractivity contribution in [3.05, 3.63) is 115 Å². The first-order valence-corrected chi connectivity index (χ1v) is 37.6. The van der Waals surface area contributed by atoms with Crippen molar-refractivity contribution >= 4 is 84.6 Å². The van der Waals surface area contributed by atoms with Gasteiger partial charge in [0.2, 0.25) is 20.0 Å². The Hall–Kier alpha value is -5.15. The summed E-state index contributed by atoms with van der Waals surface area (Å²) in [5.41, 5.74) is 2.61. The van der Waals surface area contributed by atoms with Gasteiger partial charge in [0, 0.05) is 148 Å². The van der Waals surface area contributed by atoms with E-state index >= 15 is 8.78 Å². The number of likely N-dealkylation sites (tertiary alicyclic amines) is 2. The molecule has 32 heteroatoms. The number of nitrogens with zero attached hydrogens (tertiary/aromatic N) is 5. The first-order chi connectivity index (χ1) is 46.4. The topological polar surface area (TPSA) is 266 Å². The highest BCUT2D eigenvalue weighted by Gasteiger charge is 2.43. The maximum absolute atomic E-state index is 16.0. The summed E-state index contributed by atoms with van der Waals surface area (Å²) in [6.07, 6.45) is 1.84. The summed E-state index contributed by atoms with van der Waals surface area (Å²) in [4.78, 5) is 47.3. The van der Waals surface area contributed by atoms with Gasteiger partial charge in [-0.1, -0.05) is 46.4 Å². The number of amides is 5. The van der Waals surface area contributed by atoms with Crippen molar-refractivity contribution < 1.29 is 63.7 Å². The van der Waals surface area contributed by atoms with Crippen LogP contribution in [-0.4, -0.2) is 233 Å². The standard InChI is InChI=1S/C65H88Cl4F2N12O12S2/c1-65(2,3)95-64(86)83-24-22-82(23-25-83)57-39-49-51(33-43(67)35-53(49)69)61(57)94-59-9-7-47(37-55(59)71)97(89,90)78-45-11-19-80(41-45)27-31-92-29-17-76-63(85)74-13-5-4-12-73-62(84)75-16-28-91-30-26-79-18-10-44(40-79)77-96(87,88)46-6-8-58(54(70)36-46)93-60-50-32-42(66)34-52(68)48(50)38-56(60)81-20-14-72-15-21-81/h6-9,32-37,44-45,56-57,60-61,72,77-78H,4-5,10-31,38-41H2,1-3H3,(H2,73,75,84)(H2,74,76,85)/t44-,45-,56+,57+,60+,61+/m1/s1. The Morgan fingerprint density at radius 3 is 1.43 bits per heavy atom. The van der Waals surface area contributed by atoms with Crippen LogP contribution >= 0.6 is 46.4 Å². The first kappa shape index (κ1) is 74.5. The van der Waals surface area contributed by atoms with Gasteiger partial charge in [0.1, 0.15) is 17.8 Å². The van der Waals surface area contributed by atoms with Gasteiger partial charge in [-0.15, -0.1) is 0 Å². The number of fused-ring (bicyclic) bond motifs is 2. The van der Waals surface area contributed by atoms with Crippen LogP contribution in [0.2, 0.25) is 20.1 Å². The molecule has 4 aromatic rings. The van der Waals surface area contributed by atoms with Crippen LogP contribution in [0.3, 0.4) is 0 Å². The third-order valence-electron chi connectivity index (χ3n) is 18.0. The van der Waals surface area contributed by atoms with Gasteiger partial charge in [-0.25, -0.2) is 49.4 Å². The van der Waals surface area contributed by atoms with Crippen molar-refractivity contribution in [3.63, 3.8) is 0 Å². The van der Waals surface area contributed by atoms with E-state index in [-0.39, 0.29) is 83.9 Å². The molecule has 4 heterocycles. The zero-order valence-corrected chi connectivity index (χ0v) is 59.4. The number of urea groups is 2. The molecule has 7 N–H and O–H groups in total. The second-order valence-corrected chi connectivity index (χ2v) is 31.2. The Kier molecular flexibility index (Phi) is 26.1. The number of halogens is 6. The highest BCUT2D eigenvalue weighted by molar-refractivity contribution is 7.89. The van der Waals surface area contributed by atoms with E-state index in [4.69, 9.17) is 70.1 Å². The Labute approximate surface area is 586 Å². The highest BCUT2D eigenvalue weighted by atomic mass is 35.5. The van der Waals surface area contributed by atoms with E-state index in [9.17, 15) is 31.2 Å². The van der Waals surface area contributed by atoms with Gasteiger partial charge in [-0.2, -0.15) is 0 Å². The molecular formula is C65H88Cl4F2N12O12S2. The smallest absolute Gasteiger partial charge is 0.410 e. The van der Waals surface area contributed by atoms with Gasteiger partial charge in [0.25, 0.3) is 0 Å². The summed E-state index contributed by atoms with van der Waals surface area (Å²) in [7, 11) is -8.16. The quantitative estimate of drug-likeness (QED) is 0.0271. The summed E-state index contributed by atoms with van der Waals surface area (Å²) in [6.45, 7) is 16.4. The summed E-state index contributed by atoms with van der Waals surface area (Å²) in [5, 5.41) is 16.3. The molecule has 0 spiro atoms. The van der Waals surface area contributed by atoms with Crippen LogP contribution in [0.1, 0.15) is 80.9 Å². The average Bonchev–Trinajstić information content (AvgIpc) is 1.63. The van der Waals surface area contributed by atoms with Gasteiger partial charge in [-0.05, 0) is 144 Å². The number of sulfonamides is 2. The summed E-state index contributed by atoms with van der Waals surface area (Å²) in [5.74, 6) is -1.83. The molecule has 97 heavy (non-hydrogen) atoms. The predicted octanol–water partition coefficient (Wildman–Crippen LogP) is 6.94. The van der Waals surface area contributed by atoms with Crippen LogP contribution in [0.5, 0.6) is 11.5 Å².